The summed E-state index contributed by atoms with van der Waals surface area (Å²) < 4.78 is 0. The van der Waals surface area contributed by atoms with Crippen molar-refractivity contribution in [1.29, 1.82) is 0 Å². The van der Waals surface area contributed by atoms with Gasteiger partial charge in [-0.15, -0.1) is 0 Å². The molecule has 11 aromatic rings. The van der Waals surface area contributed by atoms with Crippen LogP contribution in [0.15, 0.2) is 273 Å². The van der Waals surface area contributed by atoms with Crippen LogP contribution >= 0.6 is 0 Å². The Morgan fingerprint density at radius 3 is 1.41 bits per heavy atom. The molecule has 1 heteroatoms. The Kier molecular flexibility index (Phi) is 10.1. The molecule has 2 aliphatic carbocycles. The minimum absolute atomic E-state index is 0.205. The summed E-state index contributed by atoms with van der Waals surface area (Å²) in [6.07, 6.45) is 0. The maximum atomic E-state index is 2.57. The monoisotopic (exact) mass is 905 g/mol. The lowest BCUT2D eigenvalue weighted by molar-refractivity contribution is 0.660. The second-order valence-corrected chi connectivity index (χ2v) is 19.6. The fourth-order valence-corrected chi connectivity index (χ4v) is 12.1. The van der Waals surface area contributed by atoms with Crippen molar-refractivity contribution in [3.63, 3.8) is 0 Å². The maximum absolute atomic E-state index is 2.57. The minimum Gasteiger partial charge on any atom is -0.309 e. The first kappa shape index (κ1) is 42.3. The summed E-state index contributed by atoms with van der Waals surface area (Å²) in [5, 5.41) is 0. The summed E-state index contributed by atoms with van der Waals surface area (Å²) >= 11 is 0. The molecule has 0 radical (unpaired) electrons. The molecule has 0 aromatic heterocycles. The molecule has 0 bridgehead atoms. The predicted octanol–water partition coefficient (Wildman–Crippen LogP) is 18.5. The van der Waals surface area contributed by atoms with E-state index in [4.69, 9.17) is 0 Å². The third kappa shape index (κ3) is 6.76. The summed E-state index contributed by atoms with van der Waals surface area (Å²) in [4.78, 5) is 2.57. The molecule has 0 spiro atoms. The van der Waals surface area contributed by atoms with Crippen LogP contribution in [0, 0.1) is 0 Å². The first-order chi connectivity index (χ1) is 35.0. The van der Waals surface area contributed by atoms with Gasteiger partial charge in [0.1, 0.15) is 0 Å². The standard InChI is InChI=1S/C70H51N/c1-69(2)62-36-20-18-33-58(62)60-44-41-55(47-64(60)69)71(66-38-22-35-57(49-25-10-4-11-26-49)68(66)50-27-12-5-13-28-50)67-46-51(48-23-8-3-9-24-48)39-42-56(67)52-40-43-61-59-34-19-21-37-63(59)70(65(61)45-52,53-29-14-6-15-30-53)54-31-16-7-17-32-54/h3-47H,1-2H3. The number of rotatable bonds is 9. The highest BCUT2D eigenvalue weighted by Gasteiger charge is 2.46. The quantitative estimate of drug-likeness (QED) is 0.139. The molecule has 13 rings (SSSR count). The molecular formula is C70H51N. The second kappa shape index (κ2) is 17.0. The number of benzene rings is 11. The summed E-state index contributed by atoms with van der Waals surface area (Å²) in [7, 11) is 0. The van der Waals surface area contributed by atoms with Crippen LogP contribution in [-0.4, -0.2) is 0 Å². The lowest BCUT2D eigenvalue weighted by Crippen LogP contribution is -2.28. The molecule has 1 nitrogen and oxygen atoms in total. The molecule has 11 aromatic carbocycles. The topological polar surface area (TPSA) is 3.24 Å². The summed E-state index contributed by atoms with van der Waals surface area (Å²) in [6.45, 7) is 4.76. The third-order valence-electron chi connectivity index (χ3n) is 15.4. The molecular weight excluding hydrogens is 855 g/mol. The molecule has 0 saturated carbocycles. The predicted molar refractivity (Wildman–Crippen MR) is 298 cm³/mol. The van der Waals surface area contributed by atoms with E-state index in [-0.39, 0.29) is 5.41 Å². The lowest BCUT2D eigenvalue weighted by Gasteiger charge is -2.34. The molecule has 0 unspecified atom stereocenters. The largest absolute Gasteiger partial charge is 0.309 e. The summed E-state index contributed by atoms with van der Waals surface area (Å²) in [5.74, 6) is 0. The van der Waals surface area contributed by atoms with Crippen molar-refractivity contribution in [2.75, 3.05) is 4.90 Å². The molecule has 71 heavy (non-hydrogen) atoms. The maximum Gasteiger partial charge on any atom is 0.0713 e. The SMILES string of the molecule is CC1(C)c2ccccc2-c2ccc(N(c3cc(-c4ccccc4)ccc3-c3ccc4c(c3)C(c3ccccc3)(c3ccccc3)c3ccccc3-4)c3cccc(-c4ccccc4)c3-c3ccccc3)cc21. The van der Waals surface area contributed by atoms with E-state index in [1.165, 1.54) is 77.9 Å². The van der Waals surface area contributed by atoms with E-state index in [0.717, 1.165) is 39.3 Å². The van der Waals surface area contributed by atoms with Crippen molar-refractivity contribution in [3.8, 4) is 66.8 Å². The first-order valence-electron chi connectivity index (χ1n) is 24.8. The van der Waals surface area contributed by atoms with E-state index in [1.54, 1.807) is 0 Å². The van der Waals surface area contributed by atoms with Crippen molar-refractivity contribution in [2.45, 2.75) is 24.7 Å². The Bertz CT molecular complexity index is 3720. The van der Waals surface area contributed by atoms with Crippen LogP contribution in [0.4, 0.5) is 17.1 Å². The zero-order valence-electron chi connectivity index (χ0n) is 39.9. The van der Waals surface area contributed by atoms with Crippen LogP contribution in [0.5, 0.6) is 0 Å². The molecule has 0 saturated heterocycles. The van der Waals surface area contributed by atoms with Crippen LogP contribution in [0.3, 0.4) is 0 Å². The number of anilines is 3. The van der Waals surface area contributed by atoms with E-state index in [2.05, 4.69) is 292 Å². The molecule has 336 valence electrons. The van der Waals surface area contributed by atoms with Gasteiger partial charge in [0.15, 0.2) is 0 Å². The Hall–Kier alpha value is -8.78. The fourth-order valence-electron chi connectivity index (χ4n) is 12.1. The first-order valence-corrected chi connectivity index (χ1v) is 24.8. The highest BCUT2D eigenvalue weighted by atomic mass is 15.1. The zero-order valence-corrected chi connectivity index (χ0v) is 39.9. The van der Waals surface area contributed by atoms with E-state index in [9.17, 15) is 0 Å². The van der Waals surface area contributed by atoms with E-state index < -0.39 is 5.41 Å². The summed E-state index contributed by atoms with van der Waals surface area (Å²) in [5.41, 5.74) is 24.8. The smallest absolute Gasteiger partial charge is 0.0713 e. The second-order valence-electron chi connectivity index (χ2n) is 19.6. The van der Waals surface area contributed by atoms with Gasteiger partial charge in [-0.25, -0.2) is 0 Å². The van der Waals surface area contributed by atoms with Gasteiger partial charge in [0.25, 0.3) is 0 Å². The van der Waals surface area contributed by atoms with Gasteiger partial charge < -0.3 is 4.90 Å². The van der Waals surface area contributed by atoms with Gasteiger partial charge in [0.2, 0.25) is 0 Å². The number of hydrogen-bond donors (Lipinski definition) is 0. The Labute approximate surface area is 417 Å². The Morgan fingerprint density at radius 1 is 0.268 bits per heavy atom. The molecule has 0 amide bonds. The van der Waals surface area contributed by atoms with Gasteiger partial charge in [-0.05, 0) is 119 Å². The zero-order chi connectivity index (χ0) is 47.5. The van der Waals surface area contributed by atoms with Gasteiger partial charge in [-0.3, -0.25) is 0 Å². The van der Waals surface area contributed by atoms with Crippen LogP contribution < -0.4 is 4.90 Å². The average molecular weight is 906 g/mol. The highest BCUT2D eigenvalue weighted by molar-refractivity contribution is 6.01. The van der Waals surface area contributed by atoms with Crippen molar-refractivity contribution in [3.05, 3.63) is 306 Å². The van der Waals surface area contributed by atoms with E-state index >= 15 is 0 Å². The van der Waals surface area contributed by atoms with Crippen molar-refractivity contribution < 1.29 is 0 Å². The van der Waals surface area contributed by atoms with Gasteiger partial charge >= 0.3 is 0 Å². The average Bonchev–Trinajstić information content (AvgIpc) is 3.87. The lowest BCUT2D eigenvalue weighted by atomic mass is 9.67. The Morgan fingerprint density at radius 2 is 0.746 bits per heavy atom. The molecule has 0 fully saturated rings. The molecule has 0 atom stereocenters. The molecule has 0 N–H and O–H groups in total. The summed E-state index contributed by atoms with van der Waals surface area (Å²) in [6, 6.07) is 101. The molecule has 2 aliphatic rings. The Balaban J connectivity index is 1.13. The van der Waals surface area contributed by atoms with Gasteiger partial charge in [0, 0.05) is 22.2 Å². The normalized spacial score (nSPS) is 13.4. The number of hydrogen-bond acceptors (Lipinski definition) is 1. The van der Waals surface area contributed by atoms with Crippen molar-refractivity contribution in [2.24, 2.45) is 0 Å². The van der Waals surface area contributed by atoms with Gasteiger partial charge in [-0.1, -0.05) is 257 Å². The van der Waals surface area contributed by atoms with E-state index in [1.807, 2.05) is 0 Å². The number of fused-ring (bicyclic) bond motifs is 6. The molecule has 0 aliphatic heterocycles. The minimum atomic E-state index is -0.542. The fraction of sp³-hybridized carbons (Fsp3) is 0.0571. The van der Waals surface area contributed by atoms with Crippen LogP contribution in [0.2, 0.25) is 0 Å². The van der Waals surface area contributed by atoms with E-state index in [0.29, 0.717) is 0 Å². The van der Waals surface area contributed by atoms with Crippen molar-refractivity contribution >= 4 is 17.1 Å². The van der Waals surface area contributed by atoms with Gasteiger partial charge in [0.05, 0.1) is 16.8 Å². The van der Waals surface area contributed by atoms with Crippen molar-refractivity contribution in [1.82, 2.24) is 0 Å². The van der Waals surface area contributed by atoms with Crippen LogP contribution in [0.1, 0.15) is 47.2 Å². The van der Waals surface area contributed by atoms with Gasteiger partial charge in [-0.2, -0.15) is 0 Å². The third-order valence-corrected chi connectivity index (χ3v) is 15.4. The highest BCUT2D eigenvalue weighted by Crippen LogP contribution is 2.58. The van der Waals surface area contributed by atoms with Crippen LogP contribution in [-0.2, 0) is 10.8 Å². The molecule has 0 heterocycles. The van der Waals surface area contributed by atoms with Crippen LogP contribution in [0.25, 0.3) is 66.8 Å². The number of nitrogens with zero attached hydrogens (tertiary/aromatic N) is 1.